The second-order valence-electron chi connectivity index (χ2n) is 5.56. The molecule has 1 aliphatic rings. The Morgan fingerprint density at radius 3 is 2.74 bits per heavy atom. The maximum atomic E-state index is 10.9. The summed E-state index contributed by atoms with van der Waals surface area (Å²) in [7, 11) is 1.68. The molecule has 0 saturated heterocycles. The lowest BCUT2D eigenvalue weighted by molar-refractivity contribution is -0.138. The topological polar surface area (TPSA) is 46.5 Å². The van der Waals surface area contributed by atoms with Gasteiger partial charge in [0.1, 0.15) is 5.75 Å². The zero-order chi connectivity index (χ0) is 13.8. The number of hydrogen-bond donors (Lipinski definition) is 1. The fourth-order valence-electron chi connectivity index (χ4n) is 3.25. The molecule has 0 aromatic heterocycles. The average Bonchev–Trinajstić information content (AvgIpc) is 2.76. The highest BCUT2D eigenvalue weighted by Crippen LogP contribution is 2.36. The molecule has 2 atom stereocenters. The number of ether oxygens (including phenoxy) is 1. The van der Waals surface area contributed by atoms with E-state index in [1.807, 2.05) is 13.0 Å². The van der Waals surface area contributed by atoms with Crippen molar-refractivity contribution in [3.63, 3.8) is 0 Å². The molecular formula is C16H22O3. The van der Waals surface area contributed by atoms with Crippen LogP contribution in [0, 0.1) is 18.8 Å². The summed E-state index contributed by atoms with van der Waals surface area (Å²) in [5.74, 6) is 1.11. The summed E-state index contributed by atoms with van der Waals surface area (Å²) in [6, 6.07) is 6.27. The minimum Gasteiger partial charge on any atom is -0.496 e. The van der Waals surface area contributed by atoms with Crippen molar-refractivity contribution < 1.29 is 14.6 Å². The first-order chi connectivity index (χ1) is 9.10. The van der Waals surface area contributed by atoms with E-state index in [0.717, 1.165) is 37.0 Å². The number of rotatable bonds is 5. The number of hydrogen-bond acceptors (Lipinski definition) is 2. The Bertz CT molecular complexity index is 453. The van der Waals surface area contributed by atoms with Gasteiger partial charge in [0.2, 0.25) is 0 Å². The number of aryl methyl sites for hydroxylation is 1. The average molecular weight is 262 g/mol. The van der Waals surface area contributed by atoms with Gasteiger partial charge in [-0.05, 0) is 55.2 Å². The molecule has 0 heterocycles. The zero-order valence-electron chi connectivity index (χ0n) is 11.7. The summed E-state index contributed by atoms with van der Waals surface area (Å²) in [6.45, 7) is 2.05. The summed E-state index contributed by atoms with van der Waals surface area (Å²) < 4.78 is 5.27. The molecule has 1 aromatic rings. The van der Waals surface area contributed by atoms with Crippen LogP contribution in [0.4, 0.5) is 0 Å². The monoisotopic (exact) mass is 262 g/mol. The minimum atomic E-state index is -0.664. The third kappa shape index (κ3) is 3.49. The Kier molecular flexibility index (Phi) is 4.46. The van der Waals surface area contributed by atoms with E-state index in [4.69, 9.17) is 9.84 Å². The summed E-state index contributed by atoms with van der Waals surface area (Å²) >= 11 is 0. The van der Waals surface area contributed by atoms with E-state index in [2.05, 4.69) is 12.1 Å². The van der Waals surface area contributed by atoms with Crippen LogP contribution in [0.25, 0.3) is 0 Å². The molecule has 1 saturated carbocycles. The van der Waals surface area contributed by atoms with Gasteiger partial charge in [-0.25, -0.2) is 0 Å². The predicted molar refractivity (Wildman–Crippen MR) is 74.5 cm³/mol. The number of aliphatic carboxylic acids is 1. The smallest absolute Gasteiger partial charge is 0.303 e. The fourth-order valence-corrected chi connectivity index (χ4v) is 3.25. The lowest BCUT2D eigenvalue weighted by atomic mass is 9.87. The molecule has 0 amide bonds. The summed E-state index contributed by atoms with van der Waals surface area (Å²) in [5.41, 5.74) is 2.44. The normalized spacial score (nSPS) is 22.4. The number of carbonyl (C=O) groups is 1. The van der Waals surface area contributed by atoms with E-state index >= 15 is 0 Å². The standard InChI is InChI=1S/C16H22O3/c1-11-8-12(6-7-15(11)19-2)9-13-4-3-5-14(13)10-16(17)18/h6-8,13-14H,3-5,9-10H2,1-2H3,(H,17,18). The van der Waals surface area contributed by atoms with Gasteiger partial charge in [-0.15, -0.1) is 0 Å². The highest BCUT2D eigenvalue weighted by Gasteiger charge is 2.29. The van der Waals surface area contributed by atoms with E-state index in [-0.39, 0.29) is 0 Å². The van der Waals surface area contributed by atoms with Crippen molar-refractivity contribution in [1.82, 2.24) is 0 Å². The Balaban J connectivity index is 2.03. The molecule has 0 radical (unpaired) electrons. The van der Waals surface area contributed by atoms with Crippen LogP contribution < -0.4 is 4.74 Å². The lowest BCUT2D eigenvalue weighted by Crippen LogP contribution is -2.15. The molecule has 0 aliphatic heterocycles. The van der Waals surface area contributed by atoms with Gasteiger partial charge in [0.05, 0.1) is 7.11 Å². The van der Waals surface area contributed by atoms with Crippen molar-refractivity contribution in [3.05, 3.63) is 29.3 Å². The van der Waals surface area contributed by atoms with E-state index in [9.17, 15) is 4.79 Å². The fraction of sp³-hybridized carbons (Fsp3) is 0.562. The van der Waals surface area contributed by atoms with Crippen LogP contribution >= 0.6 is 0 Å². The van der Waals surface area contributed by atoms with Crippen LogP contribution in [0.5, 0.6) is 5.75 Å². The second kappa shape index (κ2) is 6.09. The van der Waals surface area contributed by atoms with E-state index in [1.54, 1.807) is 7.11 Å². The molecule has 3 heteroatoms. The van der Waals surface area contributed by atoms with E-state index < -0.39 is 5.97 Å². The molecule has 0 bridgehead atoms. The van der Waals surface area contributed by atoms with Crippen LogP contribution in [0.15, 0.2) is 18.2 Å². The third-order valence-corrected chi connectivity index (χ3v) is 4.21. The van der Waals surface area contributed by atoms with E-state index in [1.165, 1.54) is 5.56 Å². The van der Waals surface area contributed by atoms with Crippen LogP contribution in [-0.2, 0) is 11.2 Å². The van der Waals surface area contributed by atoms with Crippen LogP contribution in [0.1, 0.15) is 36.8 Å². The van der Waals surface area contributed by atoms with Crippen LogP contribution in [-0.4, -0.2) is 18.2 Å². The van der Waals surface area contributed by atoms with Gasteiger partial charge in [-0.3, -0.25) is 4.79 Å². The SMILES string of the molecule is COc1ccc(CC2CCCC2CC(=O)O)cc1C. The first-order valence-corrected chi connectivity index (χ1v) is 6.95. The summed E-state index contributed by atoms with van der Waals surface area (Å²) in [4.78, 5) is 10.9. The summed E-state index contributed by atoms with van der Waals surface area (Å²) in [5, 5.41) is 8.95. The Hall–Kier alpha value is -1.51. The minimum absolute atomic E-state index is 0.319. The second-order valence-corrected chi connectivity index (χ2v) is 5.56. The molecule has 3 nitrogen and oxygen atoms in total. The molecule has 2 unspecified atom stereocenters. The van der Waals surface area contributed by atoms with Gasteiger partial charge in [0.15, 0.2) is 0 Å². The van der Waals surface area contributed by atoms with Crippen molar-refractivity contribution in [2.24, 2.45) is 11.8 Å². The highest BCUT2D eigenvalue weighted by atomic mass is 16.5. The molecule has 1 fully saturated rings. The molecule has 104 valence electrons. The van der Waals surface area contributed by atoms with Crippen LogP contribution in [0.2, 0.25) is 0 Å². The highest BCUT2D eigenvalue weighted by molar-refractivity contribution is 5.67. The predicted octanol–water partition coefficient (Wildman–Crippen LogP) is 3.44. The van der Waals surface area contributed by atoms with Crippen molar-refractivity contribution in [2.75, 3.05) is 7.11 Å². The number of methoxy groups -OCH3 is 1. The molecular weight excluding hydrogens is 240 g/mol. The maximum absolute atomic E-state index is 10.9. The van der Waals surface area contributed by atoms with Gasteiger partial charge in [-0.1, -0.05) is 18.6 Å². The van der Waals surface area contributed by atoms with Crippen LogP contribution in [0.3, 0.4) is 0 Å². The van der Waals surface area contributed by atoms with Gasteiger partial charge >= 0.3 is 5.97 Å². The first kappa shape index (κ1) is 13.9. The van der Waals surface area contributed by atoms with E-state index in [0.29, 0.717) is 18.3 Å². The molecule has 2 rings (SSSR count). The third-order valence-electron chi connectivity index (χ3n) is 4.21. The Morgan fingerprint density at radius 1 is 1.37 bits per heavy atom. The number of carboxylic acids is 1. The number of carboxylic acid groups (broad SMARTS) is 1. The van der Waals surface area contributed by atoms with Gasteiger partial charge < -0.3 is 9.84 Å². The van der Waals surface area contributed by atoms with Gasteiger partial charge in [-0.2, -0.15) is 0 Å². The lowest BCUT2D eigenvalue weighted by Gasteiger charge is -2.18. The molecule has 1 aromatic carbocycles. The van der Waals surface area contributed by atoms with Crippen molar-refractivity contribution in [1.29, 1.82) is 0 Å². The first-order valence-electron chi connectivity index (χ1n) is 6.95. The van der Waals surface area contributed by atoms with Crippen molar-refractivity contribution in [2.45, 2.75) is 39.0 Å². The maximum Gasteiger partial charge on any atom is 0.303 e. The molecule has 0 spiro atoms. The quantitative estimate of drug-likeness (QED) is 0.884. The Morgan fingerprint density at radius 2 is 2.11 bits per heavy atom. The molecule has 19 heavy (non-hydrogen) atoms. The summed E-state index contributed by atoms with van der Waals surface area (Å²) in [6.07, 6.45) is 4.69. The Labute approximate surface area is 114 Å². The van der Waals surface area contributed by atoms with Gasteiger partial charge in [0, 0.05) is 6.42 Å². The van der Waals surface area contributed by atoms with Crippen molar-refractivity contribution >= 4 is 5.97 Å². The molecule has 1 N–H and O–H groups in total. The number of benzene rings is 1. The zero-order valence-corrected chi connectivity index (χ0v) is 11.7. The van der Waals surface area contributed by atoms with Gasteiger partial charge in [0.25, 0.3) is 0 Å². The molecule has 1 aliphatic carbocycles. The van der Waals surface area contributed by atoms with Crippen molar-refractivity contribution in [3.8, 4) is 5.75 Å². The largest absolute Gasteiger partial charge is 0.496 e.